The minimum Gasteiger partial charge on any atom is -0.458 e. The Kier molecular flexibility index (Phi) is 21.7. The molecule has 5 heterocycles. The summed E-state index contributed by atoms with van der Waals surface area (Å²) in [4.78, 5) is 27.0. The molecule has 4 fully saturated rings. The van der Waals surface area contributed by atoms with Crippen LogP contribution in [0.15, 0.2) is 48.6 Å². The number of cyclic esters (lactones) is 2. The lowest BCUT2D eigenvalue weighted by Gasteiger charge is -2.50. The van der Waals surface area contributed by atoms with Gasteiger partial charge in [-0.05, 0) is 40.5 Å². The molecule has 0 saturated carbocycles. The second kappa shape index (κ2) is 25.9. The smallest absolute Gasteiger partial charge is 0.331 e. The maximum absolute atomic E-state index is 13.5. The number of hydrogen-bond acceptors (Lipinski definition) is 18. The predicted octanol–water partition coefficient (Wildman–Crippen LogP) is 4.12. The standard InChI is InChI=1S/C54H88O18/c1-13-37-33(9)71-53(63,25-41(37)67-45-23-39(55)49(61)35(11)65-45)31(7)47(59)29(5)51-27(3)19-15-17-22-44(58)70-52(28(4)20-16-18-21-43(57)69-51)30(6)48(60)32(8)54(64)26-42(38(14-2)34(10)72-54)68-46-24-40(56)50(62)36(12)66-46/h15-22,27-42,45-52,55-56,59-64H,13-14,23-26H2,1-12H3/b19-15-,20-16+,21-18+,22-17+/t27-,28-,29-,30-,31-,32-,33+,34+,35-,36-,37+,38+,39-,40-,41+,42+,45-,46-,47+,48+,49+,50+,51?,52?,53+,54+/m0/s1. The first-order valence-corrected chi connectivity index (χ1v) is 26.4. The topological polar surface area (TPSA) is 270 Å². The van der Waals surface area contributed by atoms with Gasteiger partial charge in [0.25, 0.3) is 0 Å². The molecule has 18 nitrogen and oxygen atoms in total. The summed E-state index contributed by atoms with van der Waals surface area (Å²) in [7, 11) is 0. The molecule has 72 heavy (non-hydrogen) atoms. The zero-order chi connectivity index (χ0) is 53.6. The van der Waals surface area contributed by atoms with Crippen molar-refractivity contribution in [2.75, 3.05) is 0 Å². The van der Waals surface area contributed by atoms with Gasteiger partial charge in [0, 0.05) is 85.2 Å². The van der Waals surface area contributed by atoms with Gasteiger partial charge < -0.3 is 78.7 Å². The van der Waals surface area contributed by atoms with Crippen LogP contribution >= 0.6 is 0 Å². The molecular weight excluding hydrogens is 937 g/mol. The van der Waals surface area contributed by atoms with E-state index in [9.17, 15) is 50.4 Å². The van der Waals surface area contributed by atoms with Gasteiger partial charge in [0.2, 0.25) is 0 Å². The molecule has 0 radical (unpaired) electrons. The minimum atomic E-state index is -1.88. The Morgan fingerprint density at radius 2 is 0.931 bits per heavy atom. The second-order valence-corrected chi connectivity index (χ2v) is 21.7. The molecule has 26 atom stereocenters. The van der Waals surface area contributed by atoms with Gasteiger partial charge in [0.05, 0.1) is 61.0 Å². The van der Waals surface area contributed by atoms with Crippen molar-refractivity contribution in [2.45, 2.75) is 231 Å². The monoisotopic (exact) mass is 1020 g/mol. The molecule has 2 unspecified atom stereocenters. The number of esters is 2. The third-order valence-corrected chi connectivity index (χ3v) is 16.5. The van der Waals surface area contributed by atoms with E-state index in [1.54, 1.807) is 79.7 Å². The van der Waals surface area contributed by atoms with Crippen molar-refractivity contribution in [3.8, 4) is 0 Å². The molecule has 0 aromatic rings. The Morgan fingerprint density at radius 3 is 1.25 bits per heavy atom. The van der Waals surface area contributed by atoms with Crippen LogP contribution in [0.4, 0.5) is 0 Å². The second-order valence-electron chi connectivity index (χ2n) is 21.7. The Hall–Kier alpha value is -2.66. The highest BCUT2D eigenvalue weighted by molar-refractivity contribution is 5.83. The van der Waals surface area contributed by atoms with E-state index in [0.29, 0.717) is 12.8 Å². The quantitative estimate of drug-likeness (QED) is 0.114. The first-order valence-electron chi connectivity index (χ1n) is 26.4. The lowest BCUT2D eigenvalue weighted by molar-refractivity contribution is -0.345. The molecule has 5 aliphatic heterocycles. The van der Waals surface area contributed by atoms with Crippen LogP contribution < -0.4 is 0 Å². The van der Waals surface area contributed by atoms with Crippen LogP contribution in [0.25, 0.3) is 0 Å². The van der Waals surface area contributed by atoms with Gasteiger partial charge in [0.1, 0.15) is 24.4 Å². The number of hydrogen-bond donors (Lipinski definition) is 8. The third kappa shape index (κ3) is 14.4. The fraction of sp³-hybridized carbons (Fsp3) is 0.815. The van der Waals surface area contributed by atoms with Crippen LogP contribution in [-0.2, 0) is 47.5 Å². The van der Waals surface area contributed by atoms with Gasteiger partial charge >= 0.3 is 11.9 Å². The average Bonchev–Trinajstić information content (AvgIpc) is 3.31. The summed E-state index contributed by atoms with van der Waals surface area (Å²) >= 11 is 0. The Balaban J connectivity index is 1.28. The van der Waals surface area contributed by atoms with E-state index in [-0.39, 0.29) is 37.5 Å². The van der Waals surface area contributed by atoms with Crippen molar-refractivity contribution in [1.82, 2.24) is 0 Å². The molecule has 5 rings (SSSR count). The summed E-state index contributed by atoms with van der Waals surface area (Å²) in [5.41, 5.74) is 0. The first kappa shape index (κ1) is 60.2. The van der Waals surface area contributed by atoms with Crippen molar-refractivity contribution >= 4 is 11.9 Å². The van der Waals surface area contributed by atoms with Crippen LogP contribution in [0.1, 0.15) is 122 Å². The van der Waals surface area contributed by atoms with E-state index in [1.165, 1.54) is 24.3 Å². The van der Waals surface area contributed by atoms with Crippen LogP contribution in [0, 0.1) is 47.3 Å². The van der Waals surface area contributed by atoms with Gasteiger partial charge in [-0.25, -0.2) is 9.59 Å². The molecular formula is C54H88O18. The number of carbonyl (C=O) groups is 2. The predicted molar refractivity (Wildman–Crippen MR) is 263 cm³/mol. The molecule has 0 amide bonds. The summed E-state index contributed by atoms with van der Waals surface area (Å²) in [6.45, 7) is 21.3. The molecule has 0 spiro atoms. The number of aliphatic hydroxyl groups excluding tert-OH is 6. The van der Waals surface area contributed by atoms with E-state index in [0.717, 1.165) is 0 Å². The molecule has 0 aromatic carbocycles. The fourth-order valence-corrected chi connectivity index (χ4v) is 11.6. The normalized spacial score (nSPS) is 46.1. The zero-order valence-electron chi connectivity index (χ0n) is 44.4. The fourth-order valence-electron chi connectivity index (χ4n) is 11.6. The van der Waals surface area contributed by atoms with Crippen LogP contribution in [0.5, 0.6) is 0 Å². The number of carbonyl (C=O) groups excluding carboxylic acids is 2. The van der Waals surface area contributed by atoms with E-state index in [4.69, 9.17) is 37.9 Å². The number of allylic oxidation sites excluding steroid dienone is 4. The highest BCUT2D eigenvalue weighted by Gasteiger charge is 2.54. The van der Waals surface area contributed by atoms with Gasteiger partial charge in [-0.3, -0.25) is 0 Å². The van der Waals surface area contributed by atoms with Crippen molar-refractivity contribution in [3.05, 3.63) is 48.6 Å². The van der Waals surface area contributed by atoms with Crippen molar-refractivity contribution in [3.63, 3.8) is 0 Å². The molecule has 0 aromatic heterocycles. The number of rotatable bonds is 14. The van der Waals surface area contributed by atoms with Gasteiger partial charge in [-0.1, -0.05) is 91.8 Å². The van der Waals surface area contributed by atoms with Crippen molar-refractivity contribution in [1.29, 1.82) is 0 Å². The highest BCUT2D eigenvalue weighted by Crippen LogP contribution is 2.45. The summed E-state index contributed by atoms with van der Waals surface area (Å²) in [5, 5.41) is 89.6. The Morgan fingerprint density at radius 1 is 0.583 bits per heavy atom. The summed E-state index contributed by atoms with van der Waals surface area (Å²) in [5.74, 6) is -9.84. The summed E-state index contributed by atoms with van der Waals surface area (Å²) < 4.78 is 49.1. The lowest BCUT2D eigenvalue weighted by atomic mass is 9.76. The lowest BCUT2D eigenvalue weighted by Crippen LogP contribution is -2.59. The van der Waals surface area contributed by atoms with Gasteiger partial charge in [-0.15, -0.1) is 0 Å². The van der Waals surface area contributed by atoms with Crippen molar-refractivity contribution < 1.29 is 88.3 Å². The van der Waals surface area contributed by atoms with Crippen LogP contribution in [0.3, 0.4) is 0 Å². The maximum Gasteiger partial charge on any atom is 0.331 e. The minimum absolute atomic E-state index is 0.0264. The van der Waals surface area contributed by atoms with E-state index in [2.05, 4.69) is 0 Å². The number of ether oxygens (including phenoxy) is 8. The molecule has 8 N–H and O–H groups in total. The maximum atomic E-state index is 13.5. The van der Waals surface area contributed by atoms with Crippen LogP contribution in [0.2, 0.25) is 0 Å². The van der Waals surface area contributed by atoms with Crippen LogP contribution in [-0.4, -0.2) is 162 Å². The largest absolute Gasteiger partial charge is 0.458 e. The zero-order valence-corrected chi connectivity index (χ0v) is 44.4. The highest BCUT2D eigenvalue weighted by atomic mass is 16.7. The number of aliphatic hydroxyl groups is 8. The van der Waals surface area contributed by atoms with Gasteiger partial charge in [0.15, 0.2) is 24.2 Å². The van der Waals surface area contributed by atoms with Crippen molar-refractivity contribution in [2.24, 2.45) is 47.3 Å². The Labute approximate surface area is 426 Å². The Bertz CT molecular complexity index is 1710. The molecule has 0 bridgehead atoms. The molecule has 18 heteroatoms. The third-order valence-electron chi connectivity index (χ3n) is 16.5. The summed E-state index contributed by atoms with van der Waals surface area (Å²) in [6, 6.07) is 0. The first-order chi connectivity index (χ1) is 33.7. The molecule has 412 valence electrons. The van der Waals surface area contributed by atoms with E-state index < -0.39 is 157 Å². The molecule has 4 saturated heterocycles. The molecule has 5 aliphatic rings. The summed E-state index contributed by atoms with van der Waals surface area (Å²) in [6.07, 6.45) is -0.317. The SMILES string of the molecule is CC[C@@H]1[C@@H](C)O[C@@](O)([C@@H](C)[C@H](O)[C@H](C)C2OC(=O)/C=C/C=C/[C@H](C)C([C@@H](C)[C@@H](O)[C@H](C)[C@@]3(O)C[C@@H](O[C@H]4C[C@H](O)[C@H](O)[C@H](C)O4)[C@H](CC)[C@@H](C)O3)OC(=O)/C=C/C=C\[C@@H]2C)C[C@H]1O[C@H]1C[C@H](O)[C@H](O)[C@H](C)O1. The average molecular weight is 1030 g/mol. The van der Waals surface area contributed by atoms with E-state index in [1.807, 2.05) is 27.7 Å². The van der Waals surface area contributed by atoms with E-state index >= 15 is 0 Å². The molecule has 0 aliphatic carbocycles. The van der Waals surface area contributed by atoms with Gasteiger partial charge in [-0.2, -0.15) is 0 Å².